The summed E-state index contributed by atoms with van der Waals surface area (Å²) >= 11 is 0. The van der Waals surface area contributed by atoms with Crippen LogP contribution in [0.2, 0.25) is 0 Å². The standard InChI is InChI=1S/C12H18N2O5/c1-12(2,3)19-11(16)14-8(10(15)17-4)7-9-13-5-6-18-9/h5-6,8H,7H2,1-4H3,(H,14,16)/t8-/m0/s1. The van der Waals surface area contributed by atoms with Crippen molar-refractivity contribution in [3.05, 3.63) is 18.4 Å². The van der Waals surface area contributed by atoms with Crippen LogP contribution in [0.15, 0.2) is 16.9 Å². The fraction of sp³-hybridized carbons (Fsp3) is 0.583. The fourth-order valence-corrected chi connectivity index (χ4v) is 1.31. The van der Waals surface area contributed by atoms with Gasteiger partial charge in [0, 0.05) is 0 Å². The predicted octanol–water partition coefficient (Wildman–Crippen LogP) is 1.28. The summed E-state index contributed by atoms with van der Waals surface area (Å²) in [6, 6.07) is -0.904. The Bertz CT molecular complexity index is 422. The second-order valence-electron chi connectivity index (χ2n) is 4.85. The van der Waals surface area contributed by atoms with Crippen molar-refractivity contribution < 1.29 is 23.5 Å². The Morgan fingerprint density at radius 2 is 2.16 bits per heavy atom. The highest BCUT2D eigenvalue weighted by atomic mass is 16.6. The van der Waals surface area contributed by atoms with Gasteiger partial charge < -0.3 is 19.2 Å². The molecule has 1 amide bonds. The summed E-state index contributed by atoms with van der Waals surface area (Å²) in [5.74, 6) is -0.268. The third-order valence-electron chi connectivity index (χ3n) is 2.04. The molecule has 1 heterocycles. The number of alkyl carbamates (subject to hydrolysis) is 1. The van der Waals surface area contributed by atoms with E-state index in [2.05, 4.69) is 15.0 Å². The van der Waals surface area contributed by atoms with Gasteiger partial charge in [0.2, 0.25) is 0 Å². The van der Waals surface area contributed by atoms with Crippen LogP contribution >= 0.6 is 0 Å². The van der Waals surface area contributed by atoms with Crippen LogP contribution < -0.4 is 5.32 Å². The number of carbonyl (C=O) groups excluding carboxylic acids is 2. The van der Waals surface area contributed by atoms with Gasteiger partial charge >= 0.3 is 12.1 Å². The summed E-state index contributed by atoms with van der Waals surface area (Å²) in [5.41, 5.74) is -0.645. The first-order valence-corrected chi connectivity index (χ1v) is 5.77. The Labute approximate surface area is 111 Å². The van der Waals surface area contributed by atoms with Gasteiger partial charge in [-0.05, 0) is 20.8 Å². The second-order valence-corrected chi connectivity index (χ2v) is 4.85. The first-order valence-electron chi connectivity index (χ1n) is 5.77. The Morgan fingerprint density at radius 3 is 2.63 bits per heavy atom. The molecule has 1 atom stereocenters. The zero-order chi connectivity index (χ0) is 14.5. The molecule has 106 valence electrons. The van der Waals surface area contributed by atoms with Crippen molar-refractivity contribution >= 4 is 12.1 Å². The number of oxazole rings is 1. The molecule has 0 radical (unpaired) electrons. The van der Waals surface area contributed by atoms with E-state index in [0.29, 0.717) is 5.89 Å². The number of methoxy groups -OCH3 is 1. The number of hydrogen-bond acceptors (Lipinski definition) is 6. The molecular formula is C12H18N2O5. The Hall–Kier alpha value is -2.05. The number of nitrogens with zero attached hydrogens (tertiary/aromatic N) is 1. The van der Waals surface area contributed by atoms with Crippen LogP contribution in [0, 0.1) is 0 Å². The zero-order valence-electron chi connectivity index (χ0n) is 11.4. The minimum absolute atomic E-state index is 0.0961. The van der Waals surface area contributed by atoms with Crippen molar-refractivity contribution in [3.63, 3.8) is 0 Å². The molecule has 7 heteroatoms. The predicted molar refractivity (Wildman–Crippen MR) is 65.4 cm³/mol. The van der Waals surface area contributed by atoms with Gasteiger partial charge in [0.1, 0.15) is 17.9 Å². The summed E-state index contributed by atoms with van der Waals surface area (Å²) < 4.78 is 14.7. The molecular weight excluding hydrogens is 252 g/mol. The fourth-order valence-electron chi connectivity index (χ4n) is 1.31. The SMILES string of the molecule is COC(=O)[C@H](Cc1ncco1)NC(=O)OC(C)(C)C. The van der Waals surface area contributed by atoms with Crippen LogP contribution in [0.5, 0.6) is 0 Å². The molecule has 19 heavy (non-hydrogen) atoms. The van der Waals surface area contributed by atoms with E-state index in [4.69, 9.17) is 9.15 Å². The van der Waals surface area contributed by atoms with Crippen LogP contribution in [0.4, 0.5) is 4.79 Å². The number of rotatable bonds is 4. The summed E-state index contributed by atoms with van der Waals surface area (Å²) in [6.07, 6.45) is 2.24. The van der Waals surface area contributed by atoms with Gasteiger partial charge in [-0.3, -0.25) is 0 Å². The van der Waals surface area contributed by atoms with Crippen molar-refractivity contribution in [3.8, 4) is 0 Å². The van der Waals surface area contributed by atoms with E-state index in [9.17, 15) is 9.59 Å². The second kappa shape index (κ2) is 6.21. The van der Waals surface area contributed by atoms with Crippen molar-refractivity contribution in [1.29, 1.82) is 0 Å². The van der Waals surface area contributed by atoms with Crippen LogP contribution in [-0.4, -0.2) is 35.8 Å². The average Bonchev–Trinajstić information content (AvgIpc) is 2.77. The molecule has 0 aliphatic carbocycles. The zero-order valence-corrected chi connectivity index (χ0v) is 11.4. The highest BCUT2D eigenvalue weighted by molar-refractivity contribution is 5.81. The molecule has 0 saturated heterocycles. The third kappa shape index (κ3) is 5.41. The van der Waals surface area contributed by atoms with Crippen molar-refractivity contribution in [2.75, 3.05) is 7.11 Å². The van der Waals surface area contributed by atoms with Crippen LogP contribution in [0.1, 0.15) is 26.7 Å². The Kier molecular flexibility index (Phi) is 4.91. The van der Waals surface area contributed by atoms with Crippen molar-refractivity contribution in [2.24, 2.45) is 0 Å². The molecule has 1 aromatic heterocycles. The van der Waals surface area contributed by atoms with Crippen LogP contribution in [0.3, 0.4) is 0 Å². The Balaban J connectivity index is 2.65. The van der Waals surface area contributed by atoms with Gasteiger partial charge in [-0.15, -0.1) is 0 Å². The molecule has 7 nitrogen and oxygen atoms in total. The molecule has 0 fully saturated rings. The van der Waals surface area contributed by atoms with Gasteiger partial charge in [0.15, 0.2) is 5.89 Å². The highest BCUT2D eigenvalue weighted by Gasteiger charge is 2.26. The molecule has 0 saturated carbocycles. The first-order chi connectivity index (χ1) is 8.81. The average molecular weight is 270 g/mol. The molecule has 0 aliphatic rings. The minimum atomic E-state index is -0.904. The number of amides is 1. The minimum Gasteiger partial charge on any atom is -0.467 e. The smallest absolute Gasteiger partial charge is 0.408 e. The largest absolute Gasteiger partial charge is 0.467 e. The number of aromatic nitrogens is 1. The number of carbonyl (C=O) groups is 2. The molecule has 0 unspecified atom stereocenters. The maximum absolute atomic E-state index is 11.6. The molecule has 0 aromatic carbocycles. The summed E-state index contributed by atoms with van der Waals surface area (Å²) in [4.78, 5) is 27.1. The third-order valence-corrected chi connectivity index (χ3v) is 2.04. The van der Waals surface area contributed by atoms with E-state index in [1.165, 1.54) is 19.6 Å². The quantitative estimate of drug-likeness (QED) is 0.829. The normalized spacial score (nSPS) is 12.6. The number of nitrogens with one attached hydrogen (secondary N) is 1. The van der Waals surface area contributed by atoms with Gasteiger partial charge in [-0.25, -0.2) is 14.6 Å². The van der Waals surface area contributed by atoms with E-state index in [-0.39, 0.29) is 6.42 Å². The lowest BCUT2D eigenvalue weighted by molar-refractivity contribution is -0.143. The maximum atomic E-state index is 11.6. The van der Waals surface area contributed by atoms with E-state index in [0.717, 1.165) is 0 Å². The highest BCUT2D eigenvalue weighted by Crippen LogP contribution is 2.08. The van der Waals surface area contributed by atoms with Gasteiger partial charge in [0.25, 0.3) is 0 Å². The van der Waals surface area contributed by atoms with E-state index in [1.54, 1.807) is 20.8 Å². The van der Waals surface area contributed by atoms with Gasteiger partial charge in [0.05, 0.1) is 19.7 Å². The first kappa shape index (κ1) is 15.0. The molecule has 1 rings (SSSR count). The van der Waals surface area contributed by atoms with E-state index < -0.39 is 23.7 Å². The summed E-state index contributed by atoms with van der Waals surface area (Å²) in [7, 11) is 1.24. The molecule has 1 N–H and O–H groups in total. The summed E-state index contributed by atoms with van der Waals surface area (Å²) in [5, 5.41) is 2.43. The van der Waals surface area contributed by atoms with Crippen molar-refractivity contribution in [2.45, 2.75) is 38.8 Å². The Morgan fingerprint density at radius 1 is 1.47 bits per heavy atom. The topological polar surface area (TPSA) is 90.7 Å². The molecule has 0 spiro atoms. The number of esters is 1. The van der Waals surface area contributed by atoms with Crippen molar-refractivity contribution in [1.82, 2.24) is 10.3 Å². The van der Waals surface area contributed by atoms with E-state index >= 15 is 0 Å². The van der Waals surface area contributed by atoms with Crippen LogP contribution in [0.25, 0.3) is 0 Å². The monoisotopic (exact) mass is 270 g/mol. The summed E-state index contributed by atoms with van der Waals surface area (Å²) in [6.45, 7) is 5.19. The van der Waals surface area contributed by atoms with E-state index in [1.807, 2.05) is 0 Å². The number of hydrogen-bond donors (Lipinski definition) is 1. The maximum Gasteiger partial charge on any atom is 0.408 e. The lowest BCUT2D eigenvalue weighted by atomic mass is 10.2. The molecule has 0 aliphatic heterocycles. The van der Waals surface area contributed by atoms with Gasteiger partial charge in [-0.2, -0.15) is 0 Å². The number of ether oxygens (including phenoxy) is 2. The molecule has 1 aromatic rings. The lowest BCUT2D eigenvalue weighted by Gasteiger charge is -2.22. The molecule has 0 bridgehead atoms. The lowest BCUT2D eigenvalue weighted by Crippen LogP contribution is -2.45. The van der Waals surface area contributed by atoms with Gasteiger partial charge in [-0.1, -0.05) is 0 Å². The van der Waals surface area contributed by atoms with Crippen LogP contribution in [-0.2, 0) is 20.7 Å².